The molecule has 1 atom stereocenters. The standard InChI is InChI=1S/C29H23ClN4O2S/c1-18-26(28(35)34-24-13-7-8-14-25(24)36-2)27(21-11-5-6-12-23(21)30)22(16-32)29(33-18)37-17-20-10-4-3-9-19(20)15-31/h3-14,27,33H,17H2,1-2H3,(H,34,35). The van der Waals surface area contributed by atoms with Crippen LogP contribution in [-0.4, -0.2) is 13.0 Å². The van der Waals surface area contributed by atoms with E-state index in [1.165, 1.54) is 18.9 Å². The summed E-state index contributed by atoms with van der Waals surface area (Å²) >= 11 is 8.01. The van der Waals surface area contributed by atoms with Crippen molar-refractivity contribution in [1.29, 1.82) is 10.5 Å². The van der Waals surface area contributed by atoms with E-state index in [0.29, 0.717) is 55.2 Å². The number of para-hydroxylation sites is 2. The minimum absolute atomic E-state index is 0.369. The number of rotatable bonds is 7. The number of nitrogens with one attached hydrogen (secondary N) is 2. The number of hydrogen-bond acceptors (Lipinski definition) is 6. The Morgan fingerprint density at radius 3 is 2.49 bits per heavy atom. The van der Waals surface area contributed by atoms with Crippen molar-refractivity contribution in [2.24, 2.45) is 0 Å². The summed E-state index contributed by atoms with van der Waals surface area (Å²) in [4.78, 5) is 13.7. The number of nitriles is 2. The van der Waals surface area contributed by atoms with Crippen molar-refractivity contribution in [2.45, 2.75) is 18.6 Å². The lowest BCUT2D eigenvalue weighted by molar-refractivity contribution is -0.113. The third-order valence-electron chi connectivity index (χ3n) is 5.97. The average Bonchev–Trinajstić information content (AvgIpc) is 2.92. The molecule has 3 aromatic rings. The smallest absolute Gasteiger partial charge is 0.254 e. The molecule has 4 rings (SSSR count). The number of carbonyl (C=O) groups is 1. The molecule has 1 amide bonds. The first-order valence-corrected chi connectivity index (χ1v) is 12.8. The number of allylic oxidation sites excluding steroid dienone is 2. The fraction of sp³-hybridized carbons (Fsp3) is 0.138. The molecule has 6 nitrogen and oxygen atoms in total. The second kappa shape index (κ2) is 11.7. The number of methoxy groups -OCH3 is 1. The van der Waals surface area contributed by atoms with Crippen LogP contribution in [0.3, 0.4) is 0 Å². The Labute approximate surface area is 225 Å². The van der Waals surface area contributed by atoms with E-state index in [1.54, 1.807) is 37.3 Å². The Bertz CT molecular complexity index is 1500. The van der Waals surface area contributed by atoms with Gasteiger partial charge in [0.05, 0.1) is 47.0 Å². The van der Waals surface area contributed by atoms with Gasteiger partial charge in [0.15, 0.2) is 0 Å². The summed E-state index contributed by atoms with van der Waals surface area (Å²) in [5.74, 6) is -0.0623. The lowest BCUT2D eigenvalue weighted by atomic mass is 9.82. The zero-order chi connectivity index (χ0) is 26.4. The number of nitrogens with zero attached hydrogens (tertiary/aromatic N) is 2. The second-order valence-electron chi connectivity index (χ2n) is 8.18. The lowest BCUT2D eigenvalue weighted by Crippen LogP contribution is -2.31. The maximum atomic E-state index is 13.7. The molecule has 184 valence electrons. The minimum Gasteiger partial charge on any atom is -0.495 e. The van der Waals surface area contributed by atoms with Crippen LogP contribution in [0.2, 0.25) is 5.02 Å². The maximum absolute atomic E-state index is 13.7. The van der Waals surface area contributed by atoms with Crippen molar-refractivity contribution in [3.63, 3.8) is 0 Å². The monoisotopic (exact) mass is 526 g/mol. The highest BCUT2D eigenvalue weighted by Gasteiger charge is 2.36. The summed E-state index contributed by atoms with van der Waals surface area (Å²) in [5.41, 5.74) is 3.98. The van der Waals surface area contributed by atoms with E-state index in [2.05, 4.69) is 22.8 Å². The molecule has 0 saturated heterocycles. The van der Waals surface area contributed by atoms with E-state index in [0.717, 1.165) is 5.56 Å². The molecule has 0 radical (unpaired) electrons. The van der Waals surface area contributed by atoms with Crippen LogP contribution in [0.15, 0.2) is 94.7 Å². The first-order valence-electron chi connectivity index (χ1n) is 11.4. The van der Waals surface area contributed by atoms with E-state index >= 15 is 0 Å². The van der Waals surface area contributed by atoms with Gasteiger partial charge in [-0.3, -0.25) is 4.79 Å². The van der Waals surface area contributed by atoms with Gasteiger partial charge < -0.3 is 15.4 Å². The van der Waals surface area contributed by atoms with E-state index in [1.807, 2.05) is 42.5 Å². The number of carbonyl (C=O) groups excluding carboxylic acids is 1. The second-order valence-corrected chi connectivity index (χ2v) is 9.58. The SMILES string of the molecule is COc1ccccc1NC(=O)C1=C(C)NC(SCc2ccccc2C#N)=C(C#N)C1c1ccccc1Cl. The zero-order valence-electron chi connectivity index (χ0n) is 20.2. The van der Waals surface area contributed by atoms with Crippen LogP contribution in [0.1, 0.15) is 29.5 Å². The largest absolute Gasteiger partial charge is 0.495 e. The van der Waals surface area contributed by atoms with E-state index < -0.39 is 5.92 Å². The predicted molar refractivity (Wildman–Crippen MR) is 147 cm³/mol. The number of thioether (sulfide) groups is 1. The molecule has 0 aliphatic carbocycles. The number of dihydropyridines is 1. The van der Waals surface area contributed by atoms with Gasteiger partial charge in [-0.25, -0.2) is 0 Å². The van der Waals surface area contributed by atoms with Gasteiger partial charge in [-0.2, -0.15) is 10.5 Å². The summed E-state index contributed by atoms with van der Waals surface area (Å²) in [6.45, 7) is 1.80. The summed E-state index contributed by atoms with van der Waals surface area (Å²) in [5, 5.41) is 27.0. The average molecular weight is 527 g/mol. The van der Waals surface area contributed by atoms with Crippen LogP contribution in [0.5, 0.6) is 5.75 Å². The first-order chi connectivity index (χ1) is 18.0. The molecule has 0 saturated carbocycles. The molecule has 0 aromatic heterocycles. The predicted octanol–water partition coefficient (Wildman–Crippen LogP) is 6.49. The van der Waals surface area contributed by atoms with E-state index in [4.69, 9.17) is 16.3 Å². The van der Waals surface area contributed by atoms with Crippen LogP contribution < -0.4 is 15.4 Å². The molecular formula is C29H23ClN4O2S. The highest BCUT2D eigenvalue weighted by molar-refractivity contribution is 8.02. The van der Waals surface area contributed by atoms with Gasteiger partial charge in [0.2, 0.25) is 0 Å². The molecule has 0 spiro atoms. The normalized spacial score (nSPS) is 14.9. The molecule has 8 heteroatoms. The number of benzene rings is 3. The highest BCUT2D eigenvalue weighted by Crippen LogP contribution is 2.44. The Morgan fingerprint density at radius 2 is 1.76 bits per heavy atom. The zero-order valence-corrected chi connectivity index (χ0v) is 21.8. The van der Waals surface area contributed by atoms with Crippen LogP contribution in [0, 0.1) is 22.7 Å². The Kier molecular flexibility index (Phi) is 8.20. The summed E-state index contributed by atoms with van der Waals surface area (Å²) in [6, 6.07) is 26.2. The molecule has 1 aliphatic heterocycles. The summed E-state index contributed by atoms with van der Waals surface area (Å²) < 4.78 is 5.39. The maximum Gasteiger partial charge on any atom is 0.254 e. The quantitative estimate of drug-likeness (QED) is 0.365. The number of hydrogen-bond donors (Lipinski definition) is 2. The van der Waals surface area contributed by atoms with Crippen molar-refractivity contribution in [1.82, 2.24) is 5.32 Å². The topological polar surface area (TPSA) is 97.9 Å². The van der Waals surface area contributed by atoms with Crippen LogP contribution in [0.4, 0.5) is 5.69 Å². The first kappa shape index (κ1) is 25.9. The minimum atomic E-state index is -0.691. The van der Waals surface area contributed by atoms with Gasteiger partial charge >= 0.3 is 0 Å². The molecule has 1 unspecified atom stereocenters. The van der Waals surface area contributed by atoms with E-state index in [9.17, 15) is 15.3 Å². The fourth-order valence-corrected chi connectivity index (χ4v) is 5.53. The van der Waals surface area contributed by atoms with Gasteiger partial charge in [-0.15, -0.1) is 11.8 Å². The molecular weight excluding hydrogens is 504 g/mol. The Hall–Kier alpha value is -4.17. The number of ether oxygens (including phenoxy) is 1. The number of amides is 1. The van der Waals surface area contributed by atoms with Crippen molar-refractivity contribution in [3.8, 4) is 17.9 Å². The highest BCUT2D eigenvalue weighted by atomic mass is 35.5. The van der Waals surface area contributed by atoms with Gasteiger partial charge in [0.25, 0.3) is 5.91 Å². The third kappa shape index (κ3) is 5.49. The Morgan fingerprint density at radius 1 is 1.05 bits per heavy atom. The van der Waals surface area contributed by atoms with Gasteiger partial charge in [0, 0.05) is 22.0 Å². The molecule has 37 heavy (non-hydrogen) atoms. The number of anilines is 1. The van der Waals surface area contributed by atoms with Crippen LogP contribution >= 0.6 is 23.4 Å². The van der Waals surface area contributed by atoms with Gasteiger partial charge in [-0.05, 0) is 42.3 Å². The van der Waals surface area contributed by atoms with E-state index in [-0.39, 0.29) is 5.91 Å². The molecule has 0 bridgehead atoms. The molecule has 2 N–H and O–H groups in total. The number of halogens is 1. The fourth-order valence-electron chi connectivity index (χ4n) is 4.19. The third-order valence-corrected chi connectivity index (χ3v) is 7.38. The van der Waals surface area contributed by atoms with Gasteiger partial charge in [-0.1, -0.05) is 60.1 Å². The molecule has 0 fully saturated rings. The van der Waals surface area contributed by atoms with Crippen LogP contribution in [-0.2, 0) is 10.5 Å². The van der Waals surface area contributed by atoms with Crippen molar-refractivity contribution < 1.29 is 9.53 Å². The van der Waals surface area contributed by atoms with Gasteiger partial charge in [0.1, 0.15) is 5.75 Å². The summed E-state index contributed by atoms with van der Waals surface area (Å²) in [6.07, 6.45) is 0. The van der Waals surface area contributed by atoms with Crippen molar-refractivity contribution in [3.05, 3.63) is 116 Å². The molecule has 3 aromatic carbocycles. The van der Waals surface area contributed by atoms with Crippen molar-refractivity contribution in [2.75, 3.05) is 12.4 Å². The molecule has 1 heterocycles. The summed E-state index contributed by atoms with van der Waals surface area (Å²) in [7, 11) is 1.54. The van der Waals surface area contributed by atoms with Crippen LogP contribution in [0.25, 0.3) is 0 Å². The molecule has 1 aliphatic rings. The Balaban J connectivity index is 1.76. The van der Waals surface area contributed by atoms with Crippen molar-refractivity contribution >= 4 is 35.0 Å². The lowest BCUT2D eigenvalue weighted by Gasteiger charge is -2.30.